The van der Waals surface area contributed by atoms with Crippen LogP contribution >= 0.6 is 0 Å². The predicted molar refractivity (Wildman–Crippen MR) is 78.1 cm³/mol. The first-order valence-electron chi connectivity index (χ1n) is 7.14. The number of nitrogens with two attached hydrogens (primary N) is 1. The second kappa shape index (κ2) is 6.53. The summed E-state index contributed by atoms with van der Waals surface area (Å²) in [6.07, 6.45) is 4.46. The second-order valence-electron chi connectivity index (χ2n) is 5.46. The van der Waals surface area contributed by atoms with E-state index in [-0.39, 0.29) is 11.9 Å². The number of carbonyl (C=O) groups excluding carboxylic acids is 1. The maximum Gasteiger partial charge on any atom is 0.253 e. The number of rotatable bonds is 3. The first-order chi connectivity index (χ1) is 9.67. The Labute approximate surface area is 120 Å². The highest BCUT2D eigenvalue weighted by Crippen LogP contribution is 2.28. The Balaban J connectivity index is 2.16. The van der Waals surface area contributed by atoms with Gasteiger partial charge in [-0.25, -0.2) is 0 Å². The van der Waals surface area contributed by atoms with Gasteiger partial charge in [0.05, 0.1) is 11.6 Å². The van der Waals surface area contributed by atoms with Crippen molar-refractivity contribution in [2.75, 3.05) is 13.6 Å². The molecule has 4 heteroatoms. The van der Waals surface area contributed by atoms with Gasteiger partial charge in [0.25, 0.3) is 5.91 Å². The lowest BCUT2D eigenvalue weighted by Gasteiger charge is -2.37. The van der Waals surface area contributed by atoms with E-state index in [4.69, 9.17) is 11.0 Å². The van der Waals surface area contributed by atoms with Crippen LogP contribution in [-0.4, -0.2) is 30.4 Å². The van der Waals surface area contributed by atoms with E-state index in [0.717, 1.165) is 19.3 Å². The molecule has 0 bridgehead atoms. The highest BCUT2D eigenvalue weighted by atomic mass is 16.2. The molecule has 1 aromatic carbocycles. The minimum absolute atomic E-state index is 0.0209. The summed E-state index contributed by atoms with van der Waals surface area (Å²) >= 11 is 0. The number of nitrogens with zero attached hydrogens (tertiary/aromatic N) is 2. The van der Waals surface area contributed by atoms with Crippen molar-refractivity contribution >= 4 is 5.91 Å². The topological polar surface area (TPSA) is 70.1 Å². The Morgan fingerprint density at radius 3 is 2.90 bits per heavy atom. The van der Waals surface area contributed by atoms with Gasteiger partial charge in [0.15, 0.2) is 0 Å². The van der Waals surface area contributed by atoms with E-state index in [1.54, 1.807) is 24.3 Å². The Kier molecular flexibility index (Phi) is 4.75. The van der Waals surface area contributed by atoms with Crippen molar-refractivity contribution in [1.82, 2.24) is 4.90 Å². The molecule has 1 aliphatic carbocycles. The summed E-state index contributed by atoms with van der Waals surface area (Å²) in [5.74, 6) is 0.365. The molecule has 4 nitrogen and oxygen atoms in total. The van der Waals surface area contributed by atoms with Gasteiger partial charge in [-0.2, -0.15) is 5.26 Å². The summed E-state index contributed by atoms with van der Waals surface area (Å²) < 4.78 is 0. The molecule has 0 spiro atoms. The number of nitriles is 1. The molecule has 2 rings (SSSR count). The van der Waals surface area contributed by atoms with E-state index in [1.807, 2.05) is 11.9 Å². The van der Waals surface area contributed by atoms with Crippen LogP contribution in [0.3, 0.4) is 0 Å². The average molecular weight is 271 g/mol. The molecule has 1 aliphatic rings. The van der Waals surface area contributed by atoms with Gasteiger partial charge in [-0.15, -0.1) is 0 Å². The summed E-state index contributed by atoms with van der Waals surface area (Å²) in [5, 5.41) is 8.92. The van der Waals surface area contributed by atoms with Crippen molar-refractivity contribution in [1.29, 1.82) is 5.26 Å². The van der Waals surface area contributed by atoms with Gasteiger partial charge in [0.2, 0.25) is 0 Å². The molecule has 0 radical (unpaired) electrons. The number of hydrogen-bond donors (Lipinski definition) is 1. The number of hydrogen-bond acceptors (Lipinski definition) is 3. The predicted octanol–water partition coefficient (Wildman–Crippen LogP) is 2.15. The Morgan fingerprint density at radius 2 is 2.20 bits per heavy atom. The molecule has 2 unspecified atom stereocenters. The molecule has 20 heavy (non-hydrogen) atoms. The van der Waals surface area contributed by atoms with E-state index < -0.39 is 0 Å². The van der Waals surface area contributed by atoms with Crippen LogP contribution in [0, 0.1) is 17.2 Å². The first-order valence-corrected chi connectivity index (χ1v) is 7.14. The lowest BCUT2D eigenvalue weighted by Crippen LogP contribution is -2.45. The van der Waals surface area contributed by atoms with Crippen molar-refractivity contribution in [2.24, 2.45) is 11.7 Å². The molecule has 0 saturated heterocycles. The Hall–Kier alpha value is -1.86. The average Bonchev–Trinajstić information content (AvgIpc) is 2.53. The fourth-order valence-electron chi connectivity index (χ4n) is 3.05. The van der Waals surface area contributed by atoms with Gasteiger partial charge in [0, 0.05) is 18.7 Å². The standard InChI is InChI=1S/C16H21N3O/c1-19(15-8-3-2-6-14(15)11-18)16(20)13-7-4-5-12(9-13)10-17/h4-5,7,9,14-15H,2-3,6,8,11,18H2,1H3. The second-order valence-corrected chi connectivity index (χ2v) is 5.46. The van der Waals surface area contributed by atoms with Gasteiger partial charge in [-0.05, 0) is 43.5 Å². The molecule has 1 amide bonds. The van der Waals surface area contributed by atoms with Crippen LogP contribution in [0.15, 0.2) is 24.3 Å². The number of carbonyl (C=O) groups is 1. The molecule has 0 heterocycles. The highest BCUT2D eigenvalue weighted by molar-refractivity contribution is 5.94. The molecule has 1 aromatic rings. The van der Waals surface area contributed by atoms with Gasteiger partial charge in [-0.1, -0.05) is 18.9 Å². The van der Waals surface area contributed by atoms with E-state index in [9.17, 15) is 4.79 Å². The molecule has 2 atom stereocenters. The minimum Gasteiger partial charge on any atom is -0.338 e. The van der Waals surface area contributed by atoms with Crippen LogP contribution < -0.4 is 5.73 Å². The summed E-state index contributed by atoms with van der Waals surface area (Å²) in [6.45, 7) is 0.626. The first kappa shape index (κ1) is 14.5. The summed E-state index contributed by atoms with van der Waals surface area (Å²) in [5.41, 5.74) is 6.93. The third-order valence-electron chi connectivity index (χ3n) is 4.23. The molecule has 0 aromatic heterocycles. The molecular formula is C16H21N3O. The molecular weight excluding hydrogens is 250 g/mol. The monoisotopic (exact) mass is 271 g/mol. The van der Waals surface area contributed by atoms with Crippen LogP contribution in [0.4, 0.5) is 0 Å². The van der Waals surface area contributed by atoms with Gasteiger partial charge >= 0.3 is 0 Å². The normalized spacial score (nSPS) is 22.1. The smallest absolute Gasteiger partial charge is 0.253 e. The van der Waals surface area contributed by atoms with Crippen molar-refractivity contribution in [3.63, 3.8) is 0 Å². The van der Waals surface area contributed by atoms with Gasteiger partial charge < -0.3 is 10.6 Å². The van der Waals surface area contributed by atoms with Crippen LogP contribution in [0.2, 0.25) is 0 Å². The third-order valence-corrected chi connectivity index (χ3v) is 4.23. The minimum atomic E-state index is -0.0209. The summed E-state index contributed by atoms with van der Waals surface area (Å²) in [4.78, 5) is 14.4. The fourth-order valence-corrected chi connectivity index (χ4v) is 3.05. The lowest BCUT2D eigenvalue weighted by atomic mass is 9.83. The van der Waals surface area contributed by atoms with Gasteiger partial charge in [-0.3, -0.25) is 4.79 Å². The van der Waals surface area contributed by atoms with Crippen LogP contribution in [0.5, 0.6) is 0 Å². The summed E-state index contributed by atoms with van der Waals surface area (Å²) in [6, 6.07) is 9.16. The third kappa shape index (κ3) is 3.00. The molecule has 106 valence electrons. The van der Waals surface area contributed by atoms with E-state index in [0.29, 0.717) is 23.6 Å². The molecule has 1 fully saturated rings. The van der Waals surface area contributed by atoms with E-state index in [2.05, 4.69) is 6.07 Å². The van der Waals surface area contributed by atoms with Crippen molar-refractivity contribution in [3.05, 3.63) is 35.4 Å². The number of benzene rings is 1. The highest BCUT2D eigenvalue weighted by Gasteiger charge is 2.30. The quantitative estimate of drug-likeness (QED) is 0.915. The largest absolute Gasteiger partial charge is 0.338 e. The maximum atomic E-state index is 12.5. The Morgan fingerprint density at radius 1 is 1.45 bits per heavy atom. The van der Waals surface area contributed by atoms with E-state index >= 15 is 0 Å². The fraction of sp³-hybridized carbons (Fsp3) is 0.500. The van der Waals surface area contributed by atoms with Crippen molar-refractivity contribution in [3.8, 4) is 6.07 Å². The lowest BCUT2D eigenvalue weighted by molar-refractivity contribution is 0.0620. The van der Waals surface area contributed by atoms with Crippen LogP contribution in [0.1, 0.15) is 41.6 Å². The molecule has 2 N–H and O–H groups in total. The number of amides is 1. The van der Waals surface area contributed by atoms with Crippen molar-refractivity contribution < 1.29 is 4.79 Å². The van der Waals surface area contributed by atoms with Crippen LogP contribution in [0.25, 0.3) is 0 Å². The SMILES string of the molecule is CN(C(=O)c1cccc(C#N)c1)C1CCCCC1CN. The van der Waals surface area contributed by atoms with Gasteiger partial charge in [0.1, 0.15) is 0 Å². The zero-order chi connectivity index (χ0) is 14.5. The van der Waals surface area contributed by atoms with E-state index in [1.165, 1.54) is 6.42 Å². The zero-order valence-electron chi connectivity index (χ0n) is 11.9. The summed E-state index contributed by atoms with van der Waals surface area (Å²) in [7, 11) is 1.85. The Bertz CT molecular complexity index is 521. The van der Waals surface area contributed by atoms with Crippen molar-refractivity contribution in [2.45, 2.75) is 31.7 Å². The maximum absolute atomic E-state index is 12.5. The molecule has 0 aliphatic heterocycles. The zero-order valence-corrected chi connectivity index (χ0v) is 11.9. The van der Waals surface area contributed by atoms with Crippen LogP contribution in [-0.2, 0) is 0 Å². The molecule has 1 saturated carbocycles.